The number of likely N-dealkylation sites (tertiary alicyclic amines) is 1. The molecule has 1 saturated heterocycles. The summed E-state index contributed by atoms with van der Waals surface area (Å²) in [5.74, 6) is 0.923. The Labute approximate surface area is 110 Å². The minimum absolute atomic E-state index is 0.550. The molecule has 0 amide bonds. The molecule has 0 bridgehead atoms. The number of piperidine rings is 1. The number of nitrogens with zero attached hydrogens (tertiary/aromatic N) is 3. The zero-order valence-corrected chi connectivity index (χ0v) is 11.7. The van der Waals surface area contributed by atoms with Crippen LogP contribution in [-0.2, 0) is 0 Å². The van der Waals surface area contributed by atoms with Crippen LogP contribution in [-0.4, -0.2) is 40.5 Å². The van der Waals surface area contributed by atoms with Gasteiger partial charge >= 0.3 is 0 Å². The zero-order valence-electron chi connectivity index (χ0n) is 11.7. The van der Waals surface area contributed by atoms with E-state index >= 15 is 0 Å². The molecule has 0 aromatic carbocycles. The van der Waals surface area contributed by atoms with Crippen molar-refractivity contribution in [2.45, 2.75) is 46.1 Å². The fourth-order valence-corrected chi connectivity index (χ4v) is 2.44. The van der Waals surface area contributed by atoms with Crippen molar-refractivity contribution in [1.29, 1.82) is 0 Å². The van der Waals surface area contributed by atoms with Gasteiger partial charge in [0.15, 0.2) is 0 Å². The van der Waals surface area contributed by atoms with E-state index in [1.54, 1.807) is 0 Å². The minimum Gasteiger partial charge on any atom is -0.366 e. The number of anilines is 1. The maximum atomic E-state index is 4.53. The molecule has 18 heavy (non-hydrogen) atoms. The van der Waals surface area contributed by atoms with E-state index in [-0.39, 0.29) is 0 Å². The number of hydrogen-bond acceptors (Lipinski definition) is 4. The molecule has 0 aliphatic carbocycles. The van der Waals surface area contributed by atoms with Gasteiger partial charge in [-0.3, -0.25) is 4.98 Å². The standard InChI is InChI=1S/C14H24N4/c1-4-7-18-8-5-13(6-9-18)17-14-10-15-11(2)12(3)16-14/h10,13H,4-9H2,1-3H3,(H,16,17). The second-order valence-corrected chi connectivity index (χ2v) is 5.19. The van der Waals surface area contributed by atoms with Crippen molar-refractivity contribution in [2.75, 3.05) is 25.0 Å². The maximum Gasteiger partial charge on any atom is 0.145 e. The third kappa shape index (κ3) is 3.42. The molecule has 0 atom stereocenters. The van der Waals surface area contributed by atoms with E-state index < -0.39 is 0 Å². The molecule has 0 saturated carbocycles. The maximum absolute atomic E-state index is 4.53. The number of nitrogens with one attached hydrogen (secondary N) is 1. The second kappa shape index (κ2) is 6.14. The zero-order chi connectivity index (χ0) is 13.0. The Morgan fingerprint density at radius 2 is 2.00 bits per heavy atom. The van der Waals surface area contributed by atoms with Gasteiger partial charge in [-0.1, -0.05) is 6.92 Å². The smallest absolute Gasteiger partial charge is 0.145 e. The van der Waals surface area contributed by atoms with Crippen LogP contribution in [0.5, 0.6) is 0 Å². The number of aromatic nitrogens is 2. The highest BCUT2D eigenvalue weighted by atomic mass is 15.1. The average Bonchev–Trinajstić information content (AvgIpc) is 2.37. The molecule has 1 aromatic rings. The van der Waals surface area contributed by atoms with Crippen LogP contribution in [0.3, 0.4) is 0 Å². The first-order chi connectivity index (χ1) is 8.69. The van der Waals surface area contributed by atoms with Gasteiger partial charge in [0.05, 0.1) is 17.6 Å². The Morgan fingerprint density at radius 3 is 2.61 bits per heavy atom. The molecule has 4 heteroatoms. The Kier molecular flexibility index (Phi) is 4.53. The van der Waals surface area contributed by atoms with Gasteiger partial charge in [-0.25, -0.2) is 4.98 Å². The molecule has 1 aromatic heterocycles. The van der Waals surface area contributed by atoms with E-state index in [4.69, 9.17) is 0 Å². The van der Waals surface area contributed by atoms with Crippen LogP contribution in [0.2, 0.25) is 0 Å². The highest BCUT2D eigenvalue weighted by molar-refractivity contribution is 5.34. The lowest BCUT2D eigenvalue weighted by Crippen LogP contribution is -2.39. The highest BCUT2D eigenvalue weighted by Gasteiger charge is 2.18. The third-order valence-electron chi connectivity index (χ3n) is 3.67. The number of rotatable bonds is 4. The molecule has 1 aliphatic heterocycles. The number of hydrogen-bond donors (Lipinski definition) is 1. The SMILES string of the molecule is CCCN1CCC(Nc2cnc(C)c(C)n2)CC1. The van der Waals surface area contributed by atoms with Gasteiger partial charge in [0, 0.05) is 19.1 Å². The Morgan fingerprint density at radius 1 is 1.28 bits per heavy atom. The molecule has 0 unspecified atom stereocenters. The second-order valence-electron chi connectivity index (χ2n) is 5.19. The van der Waals surface area contributed by atoms with Crippen molar-refractivity contribution in [3.8, 4) is 0 Å². The predicted molar refractivity (Wildman–Crippen MR) is 74.9 cm³/mol. The van der Waals surface area contributed by atoms with Gasteiger partial charge in [-0.15, -0.1) is 0 Å². The third-order valence-corrected chi connectivity index (χ3v) is 3.67. The van der Waals surface area contributed by atoms with Gasteiger partial charge < -0.3 is 10.2 Å². The number of aryl methyl sites for hydroxylation is 2. The summed E-state index contributed by atoms with van der Waals surface area (Å²) >= 11 is 0. The van der Waals surface area contributed by atoms with E-state index in [1.807, 2.05) is 20.0 Å². The first-order valence-corrected chi connectivity index (χ1v) is 6.98. The molecule has 2 rings (SSSR count). The van der Waals surface area contributed by atoms with Gasteiger partial charge in [0.25, 0.3) is 0 Å². The van der Waals surface area contributed by atoms with E-state index in [0.717, 1.165) is 17.2 Å². The average molecular weight is 248 g/mol. The summed E-state index contributed by atoms with van der Waals surface area (Å²) in [6, 6.07) is 0.550. The van der Waals surface area contributed by atoms with E-state index in [0.29, 0.717) is 6.04 Å². The van der Waals surface area contributed by atoms with Crippen molar-refractivity contribution in [3.63, 3.8) is 0 Å². The monoisotopic (exact) mass is 248 g/mol. The topological polar surface area (TPSA) is 41.0 Å². The lowest BCUT2D eigenvalue weighted by molar-refractivity contribution is 0.219. The molecule has 4 nitrogen and oxygen atoms in total. The summed E-state index contributed by atoms with van der Waals surface area (Å²) < 4.78 is 0. The largest absolute Gasteiger partial charge is 0.366 e. The van der Waals surface area contributed by atoms with E-state index in [2.05, 4.69) is 27.1 Å². The van der Waals surface area contributed by atoms with E-state index in [1.165, 1.54) is 38.9 Å². The molecular formula is C14H24N4. The van der Waals surface area contributed by atoms with Crippen molar-refractivity contribution in [3.05, 3.63) is 17.6 Å². The lowest BCUT2D eigenvalue weighted by atomic mass is 10.1. The molecule has 0 radical (unpaired) electrons. The first-order valence-electron chi connectivity index (χ1n) is 6.98. The first kappa shape index (κ1) is 13.3. The molecule has 0 spiro atoms. The normalized spacial score (nSPS) is 17.9. The lowest BCUT2D eigenvalue weighted by Gasteiger charge is -2.32. The summed E-state index contributed by atoms with van der Waals surface area (Å²) in [7, 11) is 0. The quantitative estimate of drug-likeness (QED) is 0.888. The van der Waals surface area contributed by atoms with Crippen LogP contribution < -0.4 is 5.32 Å². The van der Waals surface area contributed by atoms with Gasteiger partial charge in [-0.2, -0.15) is 0 Å². The predicted octanol–water partition coefficient (Wildman–Crippen LogP) is 2.38. The highest BCUT2D eigenvalue weighted by Crippen LogP contribution is 2.15. The van der Waals surface area contributed by atoms with Crippen LogP contribution >= 0.6 is 0 Å². The summed E-state index contributed by atoms with van der Waals surface area (Å²) in [6.45, 7) is 9.88. The molecule has 100 valence electrons. The molecule has 1 aliphatic rings. The fourth-order valence-electron chi connectivity index (χ4n) is 2.44. The van der Waals surface area contributed by atoms with Gasteiger partial charge in [0.2, 0.25) is 0 Å². The summed E-state index contributed by atoms with van der Waals surface area (Å²) in [4.78, 5) is 11.4. The Bertz CT molecular complexity index is 383. The van der Waals surface area contributed by atoms with Crippen LogP contribution in [0.1, 0.15) is 37.6 Å². The van der Waals surface area contributed by atoms with Gasteiger partial charge in [-0.05, 0) is 39.7 Å². The van der Waals surface area contributed by atoms with Gasteiger partial charge in [0.1, 0.15) is 5.82 Å². The molecule has 2 heterocycles. The molecule has 1 N–H and O–H groups in total. The van der Waals surface area contributed by atoms with Crippen LogP contribution in [0.4, 0.5) is 5.82 Å². The molecular weight excluding hydrogens is 224 g/mol. The summed E-state index contributed by atoms with van der Waals surface area (Å²) in [6.07, 6.45) is 5.50. The van der Waals surface area contributed by atoms with Crippen LogP contribution in [0.15, 0.2) is 6.20 Å². The van der Waals surface area contributed by atoms with Crippen molar-refractivity contribution < 1.29 is 0 Å². The van der Waals surface area contributed by atoms with Crippen LogP contribution in [0.25, 0.3) is 0 Å². The van der Waals surface area contributed by atoms with Crippen LogP contribution in [0, 0.1) is 13.8 Å². The summed E-state index contributed by atoms with van der Waals surface area (Å²) in [5.41, 5.74) is 2.03. The Balaban J connectivity index is 1.85. The fraction of sp³-hybridized carbons (Fsp3) is 0.714. The van der Waals surface area contributed by atoms with Crippen molar-refractivity contribution >= 4 is 5.82 Å². The minimum atomic E-state index is 0.550. The summed E-state index contributed by atoms with van der Waals surface area (Å²) in [5, 5.41) is 3.51. The van der Waals surface area contributed by atoms with Crippen molar-refractivity contribution in [2.24, 2.45) is 0 Å². The molecule has 1 fully saturated rings. The van der Waals surface area contributed by atoms with E-state index in [9.17, 15) is 0 Å². The Hall–Kier alpha value is -1.16. The van der Waals surface area contributed by atoms with Crippen molar-refractivity contribution in [1.82, 2.24) is 14.9 Å².